The quantitative estimate of drug-likeness (QED) is 0.715. The summed E-state index contributed by atoms with van der Waals surface area (Å²) < 4.78 is 7.52. The molecule has 1 atom stereocenters. The van der Waals surface area contributed by atoms with Gasteiger partial charge in [-0.25, -0.2) is 4.68 Å². The second-order valence-electron chi connectivity index (χ2n) is 6.21. The molecule has 130 valence electrons. The Balaban J connectivity index is 1.58. The number of hydrogen-bond acceptors (Lipinski definition) is 5. The fraction of sp³-hybridized carbons (Fsp3) is 0.389. The summed E-state index contributed by atoms with van der Waals surface area (Å²) in [5.74, 6) is 0.954. The SMILES string of the molecule is c1ccc(CCn2nnnc2[C@H](c2cccs2)[NH+]2CCOCC2)cc1. The van der Waals surface area contributed by atoms with Gasteiger partial charge in [-0.15, -0.1) is 16.4 Å². The first-order chi connectivity index (χ1) is 12.4. The molecule has 2 aromatic heterocycles. The van der Waals surface area contributed by atoms with Gasteiger partial charge in [-0.3, -0.25) is 0 Å². The third-order valence-corrected chi connectivity index (χ3v) is 5.58. The smallest absolute Gasteiger partial charge is 0.215 e. The Morgan fingerprint density at radius 2 is 1.96 bits per heavy atom. The first kappa shape index (κ1) is 16.4. The molecule has 0 saturated carbocycles. The van der Waals surface area contributed by atoms with E-state index in [2.05, 4.69) is 57.3 Å². The predicted octanol–water partition coefficient (Wildman–Crippen LogP) is 0.982. The number of aryl methyl sites for hydroxylation is 2. The van der Waals surface area contributed by atoms with Crippen molar-refractivity contribution in [3.05, 3.63) is 64.1 Å². The highest BCUT2D eigenvalue weighted by atomic mass is 32.1. The van der Waals surface area contributed by atoms with E-state index in [1.165, 1.54) is 15.3 Å². The number of thiophene rings is 1. The lowest BCUT2D eigenvalue weighted by molar-refractivity contribution is -0.933. The molecule has 1 aliphatic rings. The van der Waals surface area contributed by atoms with Crippen molar-refractivity contribution >= 4 is 11.3 Å². The maximum absolute atomic E-state index is 5.54. The number of morpholine rings is 1. The Morgan fingerprint density at radius 1 is 1.12 bits per heavy atom. The summed E-state index contributed by atoms with van der Waals surface area (Å²) in [4.78, 5) is 2.79. The first-order valence-corrected chi connectivity index (χ1v) is 9.55. The van der Waals surface area contributed by atoms with Crippen molar-refractivity contribution in [1.82, 2.24) is 20.2 Å². The number of tetrazole rings is 1. The molecule has 1 N–H and O–H groups in total. The van der Waals surface area contributed by atoms with Gasteiger partial charge in [0.05, 0.1) is 18.1 Å². The fourth-order valence-electron chi connectivity index (χ4n) is 3.35. The van der Waals surface area contributed by atoms with Gasteiger partial charge in [-0.05, 0) is 33.9 Å². The molecular weight excluding hydrogens is 334 g/mol. The van der Waals surface area contributed by atoms with E-state index in [0.717, 1.165) is 45.1 Å². The lowest BCUT2D eigenvalue weighted by Crippen LogP contribution is -3.14. The Morgan fingerprint density at radius 3 is 2.72 bits per heavy atom. The molecule has 0 bridgehead atoms. The molecule has 0 aliphatic carbocycles. The Kier molecular flexibility index (Phi) is 5.15. The highest BCUT2D eigenvalue weighted by molar-refractivity contribution is 7.10. The Hall–Kier alpha value is -2.09. The van der Waals surface area contributed by atoms with Crippen LogP contribution in [0.3, 0.4) is 0 Å². The lowest BCUT2D eigenvalue weighted by atomic mass is 10.1. The van der Waals surface area contributed by atoms with E-state index in [1.54, 1.807) is 11.3 Å². The zero-order chi connectivity index (χ0) is 16.9. The number of nitrogens with zero attached hydrogens (tertiary/aromatic N) is 4. The molecule has 4 rings (SSSR count). The van der Waals surface area contributed by atoms with E-state index >= 15 is 0 Å². The van der Waals surface area contributed by atoms with Gasteiger partial charge in [-0.2, -0.15) is 0 Å². The Bertz CT molecular complexity index is 768. The van der Waals surface area contributed by atoms with E-state index in [9.17, 15) is 0 Å². The van der Waals surface area contributed by atoms with Crippen molar-refractivity contribution in [2.75, 3.05) is 26.3 Å². The van der Waals surface area contributed by atoms with E-state index in [4.69, 9.17) is 4.74 Å². The average Bonchev–Trinajstić information content (AvgIpc) is 3.35. The number of nitrogens with one attached hydrogen (secondary N) is 1. The molecule has 1 fully saturated rings. The van der Waals surface area contributed by atoms with E-state index in [1.807, 2.05) is 10.7 Å². The third-order valence-electron chi connectivity index (χ3n) is 4.64. The second kappa shape index (κ2) is 7.86. The van der Waals surface area contributed by atoms with Crippen LogP contribution < -0.4 is 4.90 Å². The van der Waals surface area contributed by atoms with Gasteiger partial charge in [0.1, 0.15) is 13.1 Å². The maximum Gasteiger partial charge on any atom is 0.215 e. The zero-order valence-electron chi connectivity index (χ0n) is 14.0. The number of quaternary nitrogens is 1. The summed E-state index contributed by atoms with van der Waals surface area (Å²) >= 11 is 1.78. The highest BCUT2D eigenvalue weighted by Crippen LogP contribution is 2.22. The van der Waals surface area contributed by atoms with Crippen molar-refractivity contribution < 1.29 is 9.64 Å². The van der Waals surface area contributed by atoms with Gasteiger partial charge < -0.3 is 9.64 Å². The van der Waals surface area contributed by atoms with E-state index < -0.39 is 0 Å². The molecule has 1 saturated heterocycles. The average molecular weight is 356 g/mol. The molecule has 0 spiro atoms. The topological polar surface area (TPSA) is 57.3 Å². The van der Waals surface area contributed by atoms with Gasteiger partial charge in [0.2, 0.25) is 5.82 Å². The molecule has 0 amide bonds. The van der Waals surface area contributed by atoms with E-state index in [0.29, 0.717) is 0 Å². The van der Waals surface area contributed by atoms with Gasteiger partial charge in [0, 0.05) is 6.54 Å². The van der Waals surface area contributed by atoms with Crippen LogP contribution in [-0.4, -0.2) is 46.5 Å². The first-order valence-electron chi connectivity index (χ1n) is 8.67. The molecule has 1 aliphatic heterocycles. The molecule has 7 heteroatoms. The third kappa shape index (κ3) is 3.78. The second-order valence-corrected chi connectivity index (χ2v) is 7.19. The van der Waals surface area contributed by atoms with Crippen molar-refractivity contribution in [3.63, 3.8) is 0 Å². The molecular formula is C18H22N5OS+. The zero-order valence-corrected chi connectivity index (χ0v) is 14.9. The van der Waals surface area contributed by atoms with Crippen LogP contribution >= 0.6 is 11.3 Å². The van der Waals surface area contributed by atoms with Crippen molar-refractivity contribution in [3.8, 4) is 0 Å². The number of benzene rings is 1. The minimum absolute atomic E-state index is 0.176. The molecule has 6 nitrogen and oxygen atoms in total. The minimum atomic E-state index is 0.176. The largest absolute Gasteiger partial charge is 0.370 e. The fourth-order valence-corrected chi connectivity index (χ4v) is 4.23. The van der Waals surface area contributed by atoms with Crippen molar-refractivity contribution in [2.45, 2.75) is 19.0 Å². The molecule has 3 aromatic rings. The van der Waals surface area contributed by atoms with Crippen LogP contribution in [0.5, 0.6) is 0 Å². The van der Waals surface area contributed by atoms with E-state index in [-0.39, 0.29) is 6.04 Å². The number of rotatable bonds is 6. The van der Waals surface area contributed by atoms with Gasteiger partial charge in [-0.1, -0.05) is 36.4 Å². The molecule has 1 aromatic carbocycles. The number of hydrogen-bond donors (Lipinski definition) is 1. The predicted molar refractivity (Wildman–Crippen MR) is 95.6 cm³/mol. The maximum atomic E-state index is 5.54. The van der Waals surface area contributed by atoms with Crippen LogP contribution in [0.1, 0.15) is 22.3 Å². The highest BCUT2D eigenvalue weighted by Gasteiger charge is 2.33. The van der Waals surface area contributed by atoms with Crippen LogP contribution in [0, 0.1) is 0 Å². The van der Waals surface area contributed by atoms with Gasteiger partial charge in [0.15, 0.2) is 6.04 Å². The number of ether oxygens (including phenoxy) is 1. The van der Waals surface area contributed by atoms with Gasteiger partial charge >= 0.3 is 0 Å². The normalized spacial score (nSPS) is 16.8. The summed E-state index contributed by atoms with van der Waals surface area (Å²) in [5.41, 5.74) is 1.30. The van der Waals surface area contributed by atoms with Crippen LogP contribution in [0.2, 0.25) is 0 Å². The standard InChI is InChI=1S/C18H21N5OS/c1-2-5-15(6-3-1)8-9-23-18(19-20-21-23)17(16-7-4-14-25-16)22-10-12-24-13-11-22/h1-7,14,17H,8-13H2/p+1/t17-/m0/s1. The van der Waals surface area contributed by atoms with Crippen molar-refractivity contribution in [2.24, 2.45) is 0 Å². The molecule has 0 radical (unpaired) electrons. The summed E-state index contributed by atoms with van der Waals surface area (Å²) in [7, 11) is 0. The number of aromatic nitrogens is 4. The summed E-state index contributed by atoms with van der Waals surface area (Å²) in [6.45, 7) is 4.34. The molecule has 0 unspecified atom stereocenters. The van der Waals surface area contributed by atoms with Crippen LogP contribution in [-0.2, 0) is 17.7 Å². The summed E-state index contributed by atoms with van der Waals surface area (Å²) in [5, 5.41) is 14.8. The lowest BCUT2D eigenvalue weighted by Gasteiger charge is -2.30. The molecule has 25 heavy (non-hydrogen) atoms. The Labute approximate surface area is 151 Å². The summed E-state index contributed by atoms with van der Waals surface area (Å²) in [6, 6.07) is 14.9. The van der Waals surface area contributed by atoms with Crippen LogP contribution in [0.4, 0.5) is 0 Å². The van der Waals surface area contributed by atoms with Crippen LogP contribution in [0.15, 0.2) is 47.8 Å². The molecule has 3 heterocycles. The van der Waals surface area contributed by atoms with Crippen molar-refractivity contribution in [1.29, 1.82) is 0 Å². The monoisotopic (exact) mass is 356 g/mol. The van der Waals surface area contributed by atoms with Gasteiger partial charge in [0.25, 0.3) is 0 Å². The minimum Gasteiger partial charge on any atom is -0.370 e. The van der Waals surface area contributed by atoms with Crippen LogP contribution in [0.25, 0.3) is 0 Å². The summed E-state index contributed by atoms with van der Waals surface area (Å²) in [6.07, 6.45) is 0.925.